The Hall–Kier alpha value is -1.69. The van der Waals surface area contributed by atoms with Gasteiger partial charge in [0.25, 0.3) is 0 Å². The third kappa shape index (κ3) is 1.71. The molecule has 3 rings (SSSR count). The van der Waals surface area contributed by atoms with Crippen LogP contribution in [0, 0.1) is 0 Å². The molecule has 16 heavy (non-hydrogen) atoms. The van der Waals surface area contributed by atoms with E-state index < -0.39 is 0 Å². The van der Waals surface area contributed by atoms with Crippen molar-refractivity contribution in [3.8, 4) is 0 Å². The molecule has 0 fully saturated rings. The predicted molar refractivity (Wildman–Crippen MR) is 57.7 cm³/mol. The van der Waals surface area contributed by atoms with E-state index in [-0.39, 0.29) is 0 Å². The third-order valence-corrected chi connectivity index (χ3v) is 2.83. The Labute approximate surface area is 93.3 Å². The molecule has 84 valence electrons. The molecule has 2 aromatic heterocycles. The maximum Gasteiger partial charge on any atom is 0.107 e. The van der Waals surface area contributed by atoms with Crippen molar-refractivity contribution in [2.75, 3.05) is 6.54 Å². The van der Waals surface area contributed by atoms with Crippen LogP contribution in [0.15, 0.2) is 18.7 Å². The number of hydrogen-bond acceptors (Lipinski definition) is 4. The van der Waals surface area contributed by atoms with Gasteiger partial charge in [0.1, 0.15) is 5.69 Å². The molecule has 0 unspecified atom stereocenters. The SMILES string of the molecule is c1cn(Cc2nnn3c2CNCCC3)cn1. The summed E-state index contributed by atoms with van der Waals surface area (Å²) < 4.78 is 4.02. The lowest BCUT2D eigenvalue weighted by Gasteiger charge is -2.03. The van der Waals surface area contributed by atoms with Gasteiger partial charge in [-0.2, -0.15) is 0 Å². The fraction of sp³-hybridized carbons (Fsp3) is 0.500. The number of fused-ring (bicyclic) bond motifs is 1. The molecule has 6 nitrogen and oxygen atoms in total. The molecule has 1 N–H and O–H groups in total. The molecule has 0 spiro atoms. The van der Waals surface area contributed by atoms with Crippen LogP contribution in [-0.2, 0) is 19.6 Å². The second kappa shape index (κ2) is 4.05. The van der Waals surface area contributed by atoms with E-state index in [0.717, 1.165) is 38.3 Å². The molecule has 0 aliphatic carbocycles. The number of rotatable bonds is 2. The van der Waals surface area contributed by atoms with Crippen LogP contribution in [0.3, 0.4) is 0 Å². The molecule has 0 bridgehead atoms. The van der Waals surface area contributed by atoms with E-state index in [9.17, 15) is 0 Å². The molecule has 1 aliphatic rings. The molecule has 0 saturated heterocycles. The van der Waals surface area contributed by atoms with Crippen molar-refractivity contribution in [2.45, 2.75) is 26.1 Å². The van der Waals surface area contributed by atoms with Crippen LogP contribution in [0.1, 0.15) is 17.8 Å². The van der Waals surface area contributed by atoms with E-state index in [0.29, 0.717) is 0 Å². The average Bonchev–Trinajstić information content (AvgIpc) is 2.86. The Bertz CT molecular complexity index is 458. The van der Waals surface area contributed by atoms with Gasteiger partial charge in [-0.25, -0.2) is 9.67 Å². The van der Waals surface area contributed by atoms with E-state index in [1.165, 1.54) is 5.69 Å². The van der Waals surface area contributed by atoms with Crippen molar-refractivity contribution < 1.29 is 0 Å². The minimum atomic E-state index is 0.747. The van der Waals surface area contributed by atoms with Gasteiger partial charge in [0, 0.05) is 25.5 Å². The lowest BCUT2D eigenvalue weighted by atomic mass is 10.3. The molecule has 1 aliphatic heterocycles. The van der Waals surface area contributed by atoms with E-state index in [2.05, 4.69) is 20.6 Å². The molecular weight excluding hydrogens is 204 g/mol. The van der Waals surface area contributed by atoms with Crippen LogP contribution < -0.4 is 5.32 Å². The fourth-order valence-corrected chi connectivity index (χ4v) is 1.98. The first-order chi connectivity index (χ1) is 7.93. The van der Waals surface area contributed by atoms with Gasteiger partial charge in [0.15, 0.2) is 0 Å². The minimum absolute atomic E-state index is 0.747. The van der Waals surface area contributed by atoms with Crippen LogP contribution in [0.5, 0.6) is 0 Å². The van der Waals surface area contributed by atoms with Gasteiger partial charge in [0.05, 0.1) is 18.6 Å². The zero-order chi connectivity index (χ0) is 10.8. The van der Waals surface area contributed by atoms with Crippen molar-refractivity contribution in [1.29, 1.82) is 0 Å². The summed E-state index contributed by atoms with van der Waals surface area (Å²) in [7, 11) is 0. The molecule has 0 aromatic carbocycles. The maximum atomic E-state index is 4.24. The van der Waals surface area contributed by atoms with E-state index in [4.69, 9.17) is 0 Å². The molecule has 0 saturated carbocycles. The number of aryl methyl sites for hydroxylation is 1. The Morgan fingerprint density at radius 2 is 2.44 bits per heavy atom. The molecule has 3 heterocycles. The average molecular weight is 218 g/mol. The lowest BCUT2D eigenvalue weighted by molar-refractivity contribution is 0.566. The van der Waals surface area contributed by atoms with Crippen LogP contribution in [0.2, 0.25) is 0 Å². The van der Waals surface area contributed by atoms with Crippen molar-refractivity contribution in [1.82, 2.24) is 29.9 Å². The maximum absolute atomic E-state index is 4.24. The van der Waals surface area contributed by atoms with Crippen molar-refractivity contribution in [3.63, 3.8) is 0 Å². The van der Waals surface area contributed by atoms with Crippen LogP contribution >= 0.6 is 0 Å². The van der Waals surface area contributed by atoms with Gasteiger partial charge in [-0.1, -0.05) is 5.21 Å². The molecule has 0 radical (unpaired) electrons. The Morgan fingerprint density at radius 3 is 3.31 bits per heavy atom. The normalized spacial score (nSPS) is 15.8. The monoisotopic (exact) mass is 218 g/mol. The summed E-state index contributed by atoms with van der Waals surface area (Å²) in [4.78, 5) is 4.03. The summed E-state index contributed by atoms with van der Waals surface area (Å²) >= 11 is 0. The number of nitrogens with zero attached hydrogens (tertiary/aromatic N) is 5. The van der Waals surface area contributed by atoms with Crippen molar-refractivity contribution in [3.05, 3.63) is 30.1 Å². The summed E-state index contributed by atoms with van der Waals surface area (Å²) in [6, 6.07) is 0. The summed E-state index contributed by atoms with van der Waals surface area (Å²) in [6.07, 6.45) is 6.63. The van der Waals surface area contributed by atoms with Crippen LogP contribution in [-0.4, -0.2) is 31.1 Å². The van der Waals surface area contributed by atoms with Crippen molar-refractivity contribution >= 4 is 0 Å². The summed E-state index contributed by atoms with van der Waals surface area (Å²) in [5, 5.41) is 11.8. The number of aromatic nitrogens is 5. The fourth-order valence-electron chi connectivity index (χ4n) is 1.98. The summed E-state index contributed by atoms with van der Waals surface area (Å²) in [5.74, 6) is 0. The zero-order valence-corrected chi connectivity index (χ0v) is 9.00. The molecule has 0 amide bonds. The van der Waals surface area contributed by atoms with E-state index in [1.807, 2.05) is 15.4 Å². The second-order valence-corrected chi connectivity index (χ2v) is 3.97. The largest absolute Gasteiger partial charge is 0.331 e. The Balaban J connectivity index is 1.87. The molecule has 6 heteroatoms. The standard InChI is InChI=1S/C10H14N6/c1-2-11-6-10-9(13-14-16(10)4-1)7-15-5-3-12-8-15/h3,5,8,11H,1-2,4,6-7H2. The van der Waals surface area contributed by atoms with E-state index >= 15 is 0 Å². The number of imidazole rings is 1. The number of nitrogens with one attached hydrogen (secondary N) is 1. The summed E-state index contributed by atoms with van der Waals surface area (Å²) in [6.45, 7) is 3.61. The van der Waals surface area contributed by atoms with Crippen molar-refractivity contribution in [2.24, 2.45) is 0 Å². The first kappa shape index (κ1) is 9.53. The predicted octanol–water partition coefficient (Wildman–Crippen LogP) is 0.0162. The Kier molecular flexibility index (Phi) is 2.41. The highest BCUT2D eigenvalue weighted by Gasteiger charge is 2.14. The van der Waals surface area contributed by atoms with E-state index in [1.54, 1.807) is 12.5 Å². The van der Waals surface area contributed by atoms with Gasteiger partial charge in [-0.05, 0) is 13.0 Å². The quantitative estimate of drug-likeness (QED) is 0.771. The molecule has 2 aromatic rings. The Morgan fingerprint density at radius 1 is 1.44 bits per heavy atom. The first-order valence-corrected chi connectivity index (χ1v) is 5.51. The topological polar surface area (TPSA) is 60.6 Å². The lowest BCUT2D eigenvalue weighted by Crippen LogP contribution is -2.14. The highest BCUT2D eigenvalue weighted by molar-refractivity contribution is 5.11. The highest BCUT2D eigenvalue weighted by atomic mass is 15.4. The number of hydrogen-bond donors (Lipinski definition) is 1. The smallest absolute Gasteiger partial charge is 0.107 e. The zero-order valence-electron chi connectivity index (χ0n) is 9.00. The summed E-state index contributed by atoms with van der Waals surface area (Å²) in [5.41, 5.74) is 2.23. The third-order valence-electron chi connectivity index (χ3n) is 2.83. The highest BCUT2D eigenvalue weighted by Crippen LogP contribution is 2.10. The second-order valence-electron chi connectivity index (χ2n) is 3.97. The van der Waals surface area contributed by atoms with Crippen LogP contribution in [0.4, 0.5) is 0 Å². The molecular formula is C10H14N6. The van der Waals surface area contributed by atoms with Crippen LogP contribution in [0.25, 0.3) is 0 Å². The van der Waals surface area contributed by atoms with Gasteiger partial charge in [-0.15, -0.1) is 5.10 Å². The first-order valence-electron chi connectivity index (χ1n) is 5.51. The van der Waals surface area contributed by atoms with Gasteiger partial charge < -0.3 is 9.88 Å². The molecule has 0 atom stereocenters. The van der Waals surface area contributed by atoms with Gasteiger partial charge in [0.2, 0.25) is 0 Å². The van der Waals surface area contributed by atoms with Gasteiger partial charge >= 0.3 is 0 Å². The van der Waals surface area contributed by atoms with Gasteiger partial charge in [-0.3, -0.25) is 0 Å². The minimum Gasteiger partial charge on any atom is -0.331 e.